The molecule has 0 saturated heterocycles. The maximum Gasteiger partial charge on any atom is 0.264 e. The van der Waals surface area contributed by atoms with E-state index in [-0.39, 0.29) is 6.54 Å². The predicted molar refractivity (Wildman–Crippen MR) is 148 cm³/mol. The van der Waals surface area contributed by atoms with Crippen LogP contribution in [0.4, 0.5) is 5.69 Å². The van der Waals surface area contributed by atoms with E-state index in [0.717, 1.165) is 5.56 Å². The highest BCUT2D eigenvalue weighted by molar-refractivity contribution is 7.92. The molecule has 0 saturated carbocycles. The number of hydrogen-bond acceptors (Lipinski definition) is 7. The Kier molecular flexibility index (Phi) is 10.1. The Balaban J connectivity index is 1.86. The number of anilines is 1. The van der Waals surface area contributed by atoms with Gasteiger partial charge in [-0.3, -0.25) is 4.79 Å². The van der Waals surface area contributed by atoms with Crippen LogP contribution >= 0.6 is 11.6 Å². The van der Waals surface area contributed by atoms with Gasteiger partial charge in [0.1, 0.15) is 29.3 Å². The molecule has 3 aromatic carbocycles. The Bertz CT molecular complexity index is 1240. The molecule has 0 aliphatic rings. The highest BCUT2D eigenvalue weighted by Gasteiger charge is 2.30. The minimum Gasteiger partial charge on any atom is -0.588 e. The van der Waals surface area contributed by atoms with Crippen LogP contribution in [0.2, 0.25) is 5.02 Å². The summed E-state index contributed by atoms with van der Waals surface area (Å²) in [6.07, 6.45) is 1.55. The summed E-state index contributed by atoms with van der Waals surface area (Å²) < 4.78 is 31.2. The molecule has 3 rings (SSSR count). The van der Waals surface area contributed by atoms with Gasteiger partial charge >= 0.3 is 0 Å². The molecule has 0 aromatic heterocycles. The molecule has 0 fully saturated rings. The number of hydrazone groups is 1. The molecular weight excluding hydrogens is 514 g/mol. The third-order valence-electron chi connectivity index (χ3n) is 5.46. The van der Waals surface area contributed by atoms with E-state index in [9.17, 15) is 9.35 Å². The molecule has 3 aromatic rings. The number of amides is 1. The summed E-state index contributed by atoms with van der Waals surface area (Å²) >= 11 is 4.40. The van der Waals surface area contributed by atoms with E-state index in [1.807, 2.05) is 24.3 Å². The van der Waals surface area contributed by atoms with E-state index in [1.165, 1.54) is 31.2 Å². The van der Waals surface area contributed by atoms with Gasteiger partial charge in [0, 0.05) is 11.1 Å². The monoisotopic (exact) mass is 543 g/mol. The van der Waals surface area contributed by atoms with Gasteiger partial charge in [0.15, 0.2) is 16.4 Å². The fourth-order valence-corrected chi connectivity index (χ4v) is 4.82. The van der Waals surface area contributed by atoms with Crippen LogP contribution in [0.3, 0.4) is 0 Å². The molecule has 0 radical (unpaired) electrons. The molecular formula is C27H30ClN3O5S. The van der Waals surface area contributed by atoms with Gasteiger partial charge in [-0.15, -0.1) is 0 Å². The lowest BCUT2D eigenvalue weighted by atomic mass is 10.0. The number of nitrogens with one attached hydrogen (secondary N) is 1. The minimum atomic E-state index is -1.84. The lowest BCUT2D eigenvalue weighted by Crippen LogP contribution is -2.39. The van der Waals surface area contributed by atoms with E-state index in [1.54, 1.807) is 42.6 Å². The van der Waals surface area contributed by atoms with Crippen molar-refractivity contribution in [2.45, 2.75) is 24.7 Å². The van der Waals surface area contributed by atoms with Gasteiger partial charge in [-0.1, -0.05) is 49.7 Å². The minimum absolute atomic E-state index is 0.290. The van der Waals surface area contributed by atoms with E-state index >= 15 is 0 Å². The number of halogens is 1. The molecule has 0 aliphatic heterocycles. The normalized spacial score (nSPS) is 11.9. The zero-order chi connectivity index (χ0) is 26.9. The van der Waals surface area contributed by atoms with Gasteiger partial charge in [-0.2, -0.15) is 9.41 Å². The number of nitrogens with zero attached hydrogens (tertiary/aromatic N) is 2. The van der Waals surface area contributed by atoms with Gasteiger partial charge in [0.25, 0.3) is 5.91 Å². The largest absolute Gasteiger partial charge is 0.588 e. The Hall–Kier alpha value is -3.40. The SMILES string of the molecule is COc1ccc([S+]([O-])N(CC(=O)N/N=C/c2ccc(C(C)C)cc2)c2cc(Cl)ccc2OC)cc1OC. The molecule has 0 bridgehead atoms. The molecule has 1 amide bonds. The summed E-state index contributed by atoms with van der Waals surface area (Å²) in [5, 5.41) is 4.46. The van der Waals surface area contributed by atoms with Crippen molar-refractivity contribution in [1.82, 2.24) is 5.43 Å². The summed E-state index contributed by atoms with van der Waals surface area (Å²) in [7, 11) is 4.49. The van der Waals surface area contributed by atoms with Crippen LogP contribution in [0.5, 0.6) is 17.2 Å². The standard InChI is InChI=1S/C27H30ClN3O5S/c1-18(2)20-8-6-19(7-9-20)16-29-30-27(32)17-31(23-14-21(28)10-12-24(23)34-3)37(33)22-11-13-25(35-4)26(15-22)36-5/h6-16,18H,17H2,1-5H3,(H,30,32)/b29-16+. The van der Waals surface area contributed by atoms with Crippen LogP contribution < -0.4 is 23.9 Å². The molecule has 0 spiro atoms. The molecule has 37 heavy (non-hydrogen) atoms. The van der Waals surface area contributed by atoms with Crippen LogP contribution in [-0.2, 0) is 16.2 Å². The molecule has 10 heteroatoms. The fourth-order valence-electron chi connectivity index (χ4n) is 3.46. The lowest BCUT2D eigenvalue weighted by Gasteiger charge is -2.26. The van der Waals surface area contributed by atoms with Crippen molar-refractivity contribution in [3.8, 4) is 17.2 Å². The number of methoxy groups -OCH3 is 3. The molecule has 1 unspecified atom stereocenters. The number of rotatable bonds is 11. The molecule has 8 nitrogen and oxygen atoms in total. The second kappa shape index (κ2) is 13.2. The number of carbonyl (C=O) groups is 1. The van der Waals surface area contributed by atoms with E-state index < -0.39 is 17.3 Å². The van der Waals surface area contributed by atoms with Gasteiger partial charge < -0.3 is 18.8 Å². The first-order valence-electron chi connectivity index (χ1n) is 11.4. The second-order valence-corrected chi connectivity index (χ2v) is 10.1. The maximum atomic E-state index is 13.7. The Morgan fingerprint density at radius 2 is 1.65 bits per heavy atom. The molecule has 1 atom stereocenters. The summed E-state index contributed by atoms with van der Waals surface area (Å²) in [6.45, 7) is 3.95. The zero-order valence-corrected chi connectivity index (χ0v) is 22.9. The summed E-state index contributed by atoms with van der Waals surface area (Å²) in [5.41, 5.74) is 4.94. The molecule has 1 N–H and O–H groups in total. The summed E-state index contributed by atoms with van der Waals surface area (Å²) in [5.74, 6) is 1.24. The quantitative estimate of drug-likeness (QED) is 0.204. The van der Waals surface area contributed by atoms with Crippen molar-refractivity contribution < 1.29 is 23.6 Å². The second-order valence-electron chi connectivity index (χ2n) is 8.23. The van der Waals surface area contributed by atoms with Crippen molar-refractivity contribution in [2.24, 2.45) is 5.10 Å². The molecule has 196 valence electrons. The van der Waals surface area contributed by atoms with Crippen molar-refractivity contribution in [1.29, 1.82) is 0 Å². The Morgan fingerprint density at radius 3 is 2.27 bits per heavy atom. The third-order valence-corrected chi connectivity index (χ3v) is 7.08. The van der Waals surface area contributed by atoms with Crippen LogP contribution in [-0.4, -0.2) is 44.5 Å². The van der Waals surface area contributed by atoms with E-state index in [2.05, 4.69) is 24.4 Å². The summed E-state index contributed by atoms with van der Waals surface area (Å²) in [4.78, 5) is 13.3. The van der Waals surface area contributed by atoms with Gasteiger partial charge in [-0.05, 0) is 47.4 Å². The molecule has 0 heterocycles. The first-order valence-corrected chi connectivity index (χ1v) is 12.9. The average molecular weight is 544 g/mol. The van der Waals surface area contributed by atoms with Crippen molar-refractivity contribution in [2.75, 3.05) is 32.2 Å². The maximum absolute atomic E-state index is 13.7. The number of hydrogen-bond donors (Lipinski definition) is 1. The van der Waals surface area contributed by atoms with Crippen LogP contribution in [0.15, 0.2) is 70.7 Å². The fraction of sp³-hybridized carbons (Fsp3) is 0.259. The van der Waals surface area contributed by atoms with Crippen molar-refractivity contribution in [3.63, 3.8) is 0 Å². The number of benzene rings is 3. The average Bonchev–Trinajstić information content (AvgIpc) is 2.91. The van der Waals surface area contributed by atoms with Gasteiger partial charge in [0.2, 0.25) is 0 Å². The summed E-state index contributed by atoms with van der Waals surface area (Å²) in [6, 6.07) is 17.7. The van der Waals surface area contributed by atoms with Crippen molar-refractivity contribution in [3.05, 3.63) is 76.8 Å². The zero-order valence-electron chi connectivity index (χ0n) is 21.4. The Labute approximate surface area is 225 Å². The number of carbonyl (C=O) groups excluding carboxylic acids is 1. The van der Waals surface area contributed by atoms with Gasteiger partial charge in [0.05, 0.1) is 27.5 Å². The number of ether oxygens (including phenoxy) is 3. The molecule has 0 aliphatic carbocycles. The predicted octanol–water partition coefficient (Wildman–Crippen LogP) is 5.17. The van der Waals surface area contributed by atoms with Crippen LogP contribution in [0, 0.1) is 0 Å². The third kappa shape index (κ3) is 7.31. The van der Waals surface area contributed by atoms with Gasteiger partial charge in [-0.25, -0.2) is 5.43 Å². The highest BCUT2D eigenvalue weighted by Crippen LogP contribution is 2.36. The Morgan fingerprint density at radius 1 is 1.00 bits per heavy atom. The first kappa shape index (κ1) is 28.2. The topological polar surface area (TPSA) is 95.5 Å². The lowest BCUT2D eigenvalue weighted by molar-refractivity contribution is -0.119. The first-order chi connectivity index (χ1) is 17.8. The smallest absolute Gasteiger partial charge is 0.264 e. The van der Waals surface area contributed by atoms with E-state index in [0.29, 0.717) is 38.8 Å². The van der Waals surface area contributed by atoms with Crippen molar-refractivity contribution >= 4 is 40.8 Å². The van der Waals surface area contributed by atoms with E-state index in [4.69, 9.17) is 25.8 Å². The van der Waals surface area contributed by atoms with Crippen LogP contribution in [0.1, 0.15) is 30.9 Å². The highest BCUT2D eigenvalue weighted by atomic mass is 35.5. The van der Waals surface area contributed by atoms with Crippen LogP contribution in [0.25, 0.3) is 0 Å².